The lowest BCUT2D eigenvalue weighted by Crippen LogP contribution is -2.44. The standard InChI is InChI=1S/C24H27ClN4O2/c1-17(30)29-10-9-18-5-3-4-6-20(18)23(29)16-24(31)26-21-15-19(25)7-8-22(21)28-13-11-27(2)12-14-28/h3-10,15,23H,11-14,16H2,1-2H3,(H,26,31). The molecule has 4 rings (SSSR count). The van der Waals surface area contributed by atoms with Crippen molar-refractivity contribution in [2.24, 2.45) is 0 Å². The fourth-order valence-electron chi connectivity index (χ4n) is 4.22. The van der Waals surface area contributed by atoms with Crippen LogP contribution in [0.25, 0.3) is 6.08 Å². The maximum Gasteiger partial charge on any atom is 0.226 e. The normalized spacial score (nSPS) is 18.6. The Balaban J connectivity index is 1.55. The molecule has 7 heteroatoms. The molecule has 6 nitrogen and oxygen atoms in total. The molecular formula is C24H27ClN4O2. The van der Waals surface area contributed by atoms with E-state index in [1.165, 1.54) is 6.92 Å². The molecule has 2 aromatic carbocycles. The van der Waals surface area contributed by atoms with Crippen LogP contribution in [0, 0.1) is 0 Å². The summed E-state index contributed by atoms with van der Waals surface area (Å²) in [6.45, 7) is 5.23. The summed E-state index contributed by atoms with van der Waals surface area (Å²) in [6, 6.07) is 13.1. The highest BCUT2D eigenvalue weighted by molar-refractivity contribution is 6.31. The molecule has 0 saturated carbocycles. The zero-order valence-electron chi connectivity index (χ0n) is 17.8. The number of hydrogen-bond donors (Lipinski definition) is 1. The molecule has 1 saturated heterocycles. The number of carbonyl (C=O) groups excluding carboxylic acids is 2. The van der Waals surface area contributed by atoms with Gasteiger partial charge in [0.15, 0.2) is 0 Å². The predicted molar refractivity (Wildman–Crippen MR) is 125 cm³/mol. The molecule has 0 aromatic heterocycles. The van der Waals surface area contributed by atoms with Crippen LogP contribution in [0.4, 0.5) is 11.4 Å². The van der Waals surface area contributed by atoms with Crippen LogP contribution in [0.3, 0.4) is 0 Å². The molecule has 1 atom stereocenters. The number of likely N-dealkylation sites (N-methyl/N-ethyl adjacent to an activating group) is 1. The molecule has 1 N–H and O–H groups in total. The van der Waals surface area contributed by atoms with Gasteiger partial charge in [-0.15, -0.1) is 0 Å². The van der Waals surface area contributed by atoms with E-state index in [1.54, 1.807) is 17.2 Å². The molecule has 0 spiro atoms. The van der Waals surface area contributed by atoms with Crippen molar-refractivity contribution in [2.75, 3.05) is 43.4 Å². The number of nitrogens with zero attached hydrogens (tertiary/aromatic N) is 3. The lowest BCUT2D eigenvalue weighted by Gasteiger charge is -2.35. The minimum atomic E-state index is -0.343. The molecule has 0 radical (unpaired) electrons. The predicted octanol–water partition coefficient (Wildman–Crippen LogP) is 3.99. The van der Waals surface area contributed by atoms with Gasteiger partial charge < -0.3 is 20.0 Å². The summed E-state index contributed by atoms with van der Waals surface area (Å²) in [7, 11) is 2.11. The van der Waals surface area contributed by atoms with E-state index in [2.05, 4.69) is 22.2 Å². The third-order valence-electron chi connectivity index (χ3n) is 5.92. The quantitative estimate of drug-likeness (QED) is 0.784. The number of nitrogens with one attached hydrogen (secondary N) is 1. The first-order valence-electron chi connectivity index (χ1n) is 10.5. The fourth-order valence-corrected chi connectivity index (χ4v) is 4.39. The van der Waals surface area contributed by atoms with Crippen LogP contribution in [-0.4, -0.2) is 54.8 Å². The van der Waals surface area contributed by atoms with Crippen LogP contribution in [0.15, 0.2) is 48.7 Å². The van der Waals surface area contributed by atoms with Gasteiger partial charge in [-0.3, -0.25) is 9.59 Å². The van der Waals surface area contributed by atoms with Gasteiger partial charge >= 0.3 is 0 Å². The van der Waals surface area contributed by atoms with E-state index in [0.29, 0.717) is 10.7 Å². The van der Waals surface area contributed by atoms with Crippen LogP contribution >= 0.6 is 11.6 Å². The van der Waals surface area contributed by atoms with Gasteiger partial charge in [-0.05, 0) is 42.4 Å². The number of anilines is 2. The third-order valence-corrected chi connectivity index (χ3v) is 6.16. The summed E-state index contributed by atoms with van der Waals surface area (Å²) in [5.74, 6) is -0.247. The van der Waals surface area contributed by atoms with Crippen molar-refractivity contribution in [3.8, 4) is 0 Å². The number of carbonyl (C=O) groups is 2. The van der Waals surface area contributed by atoms with Crippen LogP contribution in [0.5, 0.6) is 0 Å². The van der Waals surface area contributed by atoms with E-state index in [0.717, 1.165) is 43.0 Å². The Labute approximate surface area is 188 Å². The van der Waals surface area contributed by atoms with E-state index in [-0.39, 0.29) is 24.3 Å². The molecule has 162 valence electrons. The molecule has 2 amide bonds. The van der Waals surface area contributed by atoms with Gasteiger partial charge in [0.2, 0.25) is 11.8 Å². The number of fused-ring (bicyclic) bond motifs is 1. The summed E-state index contributed by atoms with van der Waals surface area (Å²) in [5, 5.41) is 3.63. The van der Waals surface area contributed by atoms with Crippen LogP contribution in [0.1, 0.15) is 30.5 Å². The number of hydrogen-bond acceptors (Lipinski definition) is 4. The van der Waals surface area contributed by atoms with E-state index < -0.39 is 0 Å². The molecule has 0 bridgehead atoms. The number of piperazine rings is 1. The van der Waals surface area contributed by atoms with Crippen molar-refractivity contribution in [3.63, 3.8) is 0 Å². The first-order valence-corrected chi connectivity index (χ1v) is 10.9. The third kappa shape index (κ3) is 4.75. The van der Waals surface area contributed by atoms with Crippen LogP contribution in [0.2, 0.25) is 5.02 Å². The smallest absolute Gasteiger partial charge is 0.226 e. The Morgan fingerprint density at radius 2 is 1.84 bits per heavy atom. The van der Waals surface area contributed by atoms with Crippen molar-refractivity contribution in [1.29, 1.82) is 0 Å². The topological polar surface area (TPSA) is 55.9 Å². The maximum atomic E-state index is 13.1. The Kier molecular flexibility index (Phi) is 6.30. The van der Waals surface area contributed by atoms with Gasteiger partial charge in [0, 0.05) is 44.3 Å². The number of rotatable bonds is 4. The minimum absolute atomic E-state index is 0.0931. The molecule has 2 aliphatic heterocycles. The van der Waals surface area contributed by atoms with E-state index in [9.17, 15) is 9.59 Å². The summed E-state index contributed by atoms with van der Waals surface area (Å²) in [6.07, 6.45) is 3.83. The summed E-state index contributed by atoms with van der Waals surface area (Å²) in [5.41, 5.74) is 3.67. The maximum absolute atomic E-state index is 13.1. The summed E-state index contributed by atoms with van der Waals surface area (Å²) < 4.78 is 0. The molecule has 1 fully saturated rings. The highest BCUT2D eigenvalue weighted by Gasteiger charge is 2.28. The van der Waals surface area contributed by atoms with Gasteiger partial charge in [-0.2, -0.15) is 0 Å². The molecular weight excluding hydrogens is 412 g/mol. The summed E-state index contributed by atoms with van der Waals surface area (Å²) >= 11 is 6.25. The first kappa shape index (κ1) is 21.4. The zero-order valence-corrected chi connectivity index (χ0v) is 18.6. The van der Waals surface area contributed by atoms with Crippen molar-refractivity contribution in [1.82, 2.24) is 9.80 Å². The fraction of sp³-hybridized carbons (Fsp3) is 0.333. The molecule has 1 unspecified atom stereocenters. The number of halogens is 1. The Morgan fingerprint density at radius 1 is 1.10 bits per heavy atom. The van der Waals surface area contributed by atoms with E-state index >= 15 is 0 Å². The lowest BCUT2D eigenvalue weighted by molar-refractivity contribution is -0.129. The van der Waals surface area contributed by atoms with Gasteiger partial charge in [0.25, 0.3) is 0 Å². The Morgan fingerprint density at radius 3 is 2.58 bits per heavy atom. The van der Waals surface area contributed by atoms with Crippen LogP contribution in [-0.2, 0) is 9.59 Å². The van der Waals surface area contributed by atoms with Gasteiger partial charge in [-0.1, -0.05) is 35.9 Å². The van der Waals surface area contributed by atoms with Crippen molar-refractivity contribution in [3.05, 3.63) is 64.8 Å². The van der Waals surface area contributed by atoms with Gasteiger partial charge in [-0.25, -0.2) is 0 Å². The van der Waals surface area contributed by atoms with Crippen molar-refractivity contribution in [2.45, 2.75) is 19.4 Å². The van der Waals surface area contributed by atoms with E-state index in [4.69, 9.17) is 11.6 Å². The highest BCUT2D eigenvalue weighted by atomic mass is 35.5. The number of benzene rings is 2. The second-order valence-electron chi connectivity index (χ2n) is 8.09. The highest BCUT2D eigenvalue weighted by Crippen LogP contribution is 2.34. The van der Waals surface area contributed by atoms with Crippen LogP contribution < -0.4 is 10.2 Å². The summed E-state index contributed by atoms with van der Waals surface area (Å²) in [4.78, 5) is 31.5. The Bertz CT molecular complexity index is 1010. The molecule has 2 heterocycles. The Hall–Kier alpha value is -2.83. The average Bonchev–Trinajstić information content (AvgIpc) is 2.74. The van der Waals surface area contributed by atoms with Crippen molar-refractivity contribution >= 4 is 40.9 Å². The SMILES string of the molecule is CC(=O)N1C=Cc2ccccc2C1CC(=O)Nc1cc(Cl)ccc1N1CCN(C)CC1. The van der Waals surface area contributed by atoms with Gasteiger partial charge in [0.1, 0.15) is 0 Å². The van der Waals surface area contributed by atoms with Crippen molar-refractivity contribution < 1.29 is 9.59 Å². The molecule has 0 aliphatic carbocycles. The largest absolute Gasteiger partial charge is 0.367 e. The first-order chi connectivity index (χ1) is 14.9. The minimum Gasteiger partial charge on any atom is -0.367 e. The van der Waals surface area contributed by atoms with Gasteiger partial charge in [0.05, 0.1) is 23.8 Å². The molecule has 2 aromatic rings. The van der Waals surface area contributed by atoms with E-state index in [1.807, 2.05) is 42.5 Å². The zero-order chi connectivity index (χ0) is 22.0. The average molecular weight is 439 g/mol. The molecule has 31 heavy (non-hydrogen) atoms. The second-order valence-corrected chi connectivity index (χ2v) is 8.53. The monoisotopic (exact) mass is 438 g/mol. The lowest BCUT2D eigenvalue weighted by atomic mass is 9.93. The second kappa shape index (κ2) is 9.12. The molecule has 2 aliphatic rings. The number of amides is 2.